The zero-order chi connectivity index (χ0) is 12.6. The van der Waals surface area contributed by atoms with E-state index in [9.17, 15) is 0 Å². The fourth-order valence-electron chi connectivity index (χ4n) is 2.30. The zero-order valence-electron chi connectivity index (χ0n) is 10.6. The molecule has 0 aliphatic heterocycles. The quantitative estimate of drug-likeness (QED) is 0.802. The Labute approximate surface area is 114 Å². The van der Waals surface area contributed by atoms with Crippen LogP contribution < -0.4 is 5.32 Å². The van der Waals surface area contributed by atoms with Crippen LogP contribution in [0.3, 0.4) is 0 Å². The summed E-state index contributed by atoms with van der Waals surface area (Å²) in [5, 5.41) is 5.02. The molecule has 0 unspecified atom stereocenters. The van der Waals surface area contributed by atoms with Gasteiger partial charge in [0, 0.05) is 11.1 Å². The molecule has 0 bridgehead atoms. The molecule has 1 N–H and O–H groups in total. The second-order valence-electron chi connectivity index (χ2n) is 5.40. The van der Waals surface area contributed by atoms with E-state index in [1.165, 1.54) is 12.8 Å². The molecule has 3 heteroatoms. The summed E-state index contributed by atoms with van der Waals surface area (Å²) in [5.41, 5.74) is 1.99. The van der Waals surface area contributed by atoms with Crippen LogP contribution in [0.1, 0.15) is 32.3 Å². The number of benzene rings is 1. The summed E-state index contributed by atoms with van der Waals surface area (Å²) in [4.78, 5) is 0. The maximum absolute atomic E-state index is 6.20. The first-order chi connectivity index (χ1) is 7.97. The fraction of sp³-hybridized carbons (Fsp3) is 0.571. The van der Waals surface area contributed by atoms with Gasteiger partial charge in [-0.3, -0.25) is 0 Å². The van der Waals surface area contributed by atoms with Crippen LogP contribution in [0.15, 0.2) is 12.1 Å². The normalized spacial score (nSPS) is 23.6. The van der Waals surface area contributed by atoms with E-state index in [4.69, 9.17) is 23.2 Å². The van der Waals surface area contributed by atoms with E-state index in [0.29, 0.717) is 6.04 Å². The van der Waals surface area contributed by atoms with Crippen molar-refractivity contribution in [3.05, 3.63) is 27.7 Å². The van der Waals surface area contributed by atoms with Crippen molar-refractivity contribution < 1.29 is 0 Å². The van der Waals surface area contributed by atoms with Crippen LogP contribution >= 0.6 is 23.2 Å². The number of nitrogens with one attached hydrogen (secondary N) is 1. The molecule has 0 atom stereocenters. The average molecular weight is 272 g/mol. The molecule has 0 spiro atoms. The van der Waals surface area contributed by atoms with E-state index in [-0.39, 0.29) is 0 Å². The van der Waals surface area contributed by atoms with Crippen LogP contribution in [0.4, 0.5) is 5.69 Å². The molecule has 1 saturated carbocycles. The third-order valence-electron chi connectivity index (χ3n) is 3.73. The lowest BCUT2D eigenvalue weighted by Gasteiger charge is -2.39. The highest BCUT2D eigenvalue weighted by atomic mass is 35.5. The van der Waals surface area contributed by atoms with Gasteiger partial charge in [0.15, 0.2) is 0 Å². The molecule has 1 aromatic rings. The van der Waals surface area contributed by atoms with Crippen molar-refractivity contribution in [1.82, 2.24) is 0 Å². The lowest BCUT2D eigenvalue weighted by Crippen LogP contribution is -2.37. The van der Waals surface area contributed by atoms with Crippen LogP contribution in [0, 0.1) is 18.8 Å². The molecule has 0 heterocycles. The van der Waals surface area contributed by atoms with Gasteiger partial charge in [-0.25, -0.2) is 0 Å². The van der Waals surface area contributed by atoms with Gasteiger partial charge in [-0.05, 0) is 49.3 Å². The number of hydrogen-bond acceptors (Lipinski definition) is 1. The first kappa shape index (κ1) is 13.0. The van der Waals surface area contributed by atoms with Crippen molar-refractivity contribution in [3.8, 4) is 0 Å². The first-order valence-electron chi connectivity index (χ1n) is 6.19. The molecule has 1 fully saturated rings. The van der Waals surface area contributed by atoms with Crippen LogP contribution in [-0.4, -0.2) is 6.04 Å². The molecule has 0 amide bonds. The van der Waals surface area contributed by atoms with Crippen LogP contribution in [-0.2, 0) is 0 Å². The molecule has 94 valence electrons. The van der Waals surface area contributed by atoms with Crippen molar-refractivity contribution in [2.75, 3.05) is 5.32 Å². The number of halogens is 2. The number of rotatable bonds is 3. The molecule has 0 saturated heterocycles. The van der Waals surface area contributed by atoms with Crippen molar-refractivity contribution >= 4 is 28.9 Å². The first-order valence-corrected chi connectivity index (χ1v) is 6.95. The summed E-state index contributed by atoms with van der Waals surface area (Å²) in [5.74, 6) is 1.64. The van der Waals surface area contributed by atoms with E-state index >= 15 is 0 Å². The fourth-order valence-corrected chi connectivity index (χ4v) is 2.74. The second kappa shape index (κ2) is 5.07. The Kier molecular flexibility index (Phi) is 3.89. The van der Waals surface area contributed by atoms with E-state index < -0.39 is 0 Å². The van der Waals surface area contributed by atoms with Crippen LogP contribution in [0.25, 0.3) is 0 Å². The Morgan fingerprint density at radius 1 is 1.18 bits per heavy atom. The zero-order valence-corrected chi connectivity index (χ0v) is 12.1. The Morgan fingerprint density at radius 3 is 2.41 bits per heavy atom. The number of anilines is 1. The maximum atomic E-state index is 6.20. The van der Waals surface area contributed by atoms with Gasteiger partial charge >= 0.3 is 0 Å². The third kappa shape index (κ3) is 2.89. The molecule has 1 nitrogen and oxygen atoms in total. The van der Waals surface area contributed by atoms with Gasteiger partial charge in [0.05, 0.1) is 10.7 Å². The van der Waals surface area contributed by atoms with Crippen molar-refractivity contribution in [2.24, 2.45) is 11.8 Å². The van der Waals surface area contributed by atoms with Crippen LogP contribution in [0.2, 0.25) is 10.0 Å². The largest absolute Gasteiger partial charge is 0.381 e. The van der Waals surface area contributed by atoms with Gasteiger partial charge in [0.25, 0.3) is 0 Å². The Bertz CT molecular complexity index is 409. The van der Waals surface area contributed by atoms with E-state index in [0.717, 1.165) is 33.1 Å². The van der Waals surface area contributed by atoms with Crippen molar-refractivity contribution in [1.29, 1.82) is 0 Å². The molecule has 2 rings (SSSR count). The standard InChI is InChI=1S/C14H19Cl2N/c1-8(2)10-5-11(6-10)17-14-7-12(15)9(3)4-13(14)16/h4,7-8,10-11,17H,5-6H2,1-3H3. The molecule has 17 heavy (non-hydrogen) atoms. The third-order valence-corrected chi connectivity index (χ3v) is 4.45. The van der Waals surface area contributed by atoms with Crippen molar-refractivity contribution in [3.63, 3.8) is 0 Å². The predicted octanol–water partition coefficient (Wildman–Crippen LogP) is 5.15. The molecular weight excluding hydrogens is 253 g/mol. The molecule has 1 aromatic carbocycles. The van der Waals surface area contributed by atoms with Gasteiger partial charge < -0.3 is 5.32 Å². The molecule has 1 aliphatic carbocycles. The summed E-state index contributed by atoms with van der Waals surface area (Å²) >= 11 is 12.3. The Morgan fingerprint density at radius 2 is 1.82 bits per heavy atom. The van der Waals surface area contributed by atoms with Gasteiger partial charge in [-0.1, -0.05) is 37.0 Å². The van der Waals surface area contributed by atoms with Gasteiger partial charge in [-0.2, -0.15) is 0 Å². The highest BCUT2D eigenvalue weighted by Gasteiger charge is 2.31. The predicted molar refractivity (Wildman–Crippen MR) is 76.2 cm³/mol. The van der Waals surface area contributed by atoms with Gasteiger partial charge in [-0.15, -0.1) is 0 Å². The SMILES string of the molecule is Cc1cc(Cl)c(NC2CC(C(C)C)C2)cc1Cl. The van der Waals surface area contributed by atoms with E-state index in [1.807, 2.05) is 19.1 Å². The number of hydrogen-bond donors (Lipinski definition) is 1. The minimum absolute atomic E-state index is 0.554. The topological polar surface area (TPSA) is 12.0 Å². The second-order valence-corrected chi connectivity index (χ2v) is 6.21. The highest BCUT2D eigenvalue weighted by molar-refractivity contribution is 6.35. The van der Waals surface area contributed by atoms with Crippen LogP contribution in [0.5, 0.6) is 0 Å². The Balaban J connectivity index is 1.99. The smallest absolute Gasteiger partial charge is 0.0641 e. The summed E-state index contributed by atoms with van der Waals surface area (Å²) in [6.07, 6.45) is 2.47. The molecule has 0 radical (unpaired) electrons. The van der Waals surface area contributed by atoms with Crippen molar-refractivity contribution in [2.45, 2.75) is 39.7 Å². The molecular formula is C14H19Cl2N. The minimum Gasteiger partial charge on any atom is -0.381 e. The Hall–Kier alpha value is -0.400. The summed E-state index contributed by atoms with van der Waals surface area (Å²) < 4.78 is 0. The highest BCUT2D eigenvalue weighted by Crippen LogP contribution is 2.37. The average Bonchev–Trinajstić information content (AvgIpc) is 2.17. The van der Waals surface area contributed by atoms with Gasteiger partial charge in [0.2, 0.25) is 0 Å². The summed E-state index contributed by atoms with van der Waals surface area (Å²) in [6.45, 7) is 6.54. The minimum atomic E-state index is 0.554. The molecule has 0 aromatic heterocycles. The maximum Gasteiger partial charge on any atom is 0.0641 e. The van der Waals surface area contributed by atoms with E-state index in [2.05, 4.69) is 19.2 Å². The lowest BCUT2D eigenvalue weighted by molar-refractivity contribution is 0.212. The van der Waals surface area contributed by atoms with Gasteiger partial charge in [0.1, 0.15) is 0 Å². The summed E-state index contributed by atoms with van der Waals surface area (Å²) in [7, 11) is 0. The monoisotopic (exact) mass is 271 g/mol. The summed E-state index contributed by atoms with van der Waals surface area (Å²) in [6, 6.07) is 4.41. The lowest BCUT2D eigenvalue weighted by atomic mass is 9.73. The van der Waals surface area contributed by atoms with E-state index in [1.54, 1.807) is 0 Å². The number of aryl methyl sites for hydroxylation is 1. The molecule has 1 aliphatic rings.